The van der Waals surface area contributed by atoms with Crippen LogP contribution in [0, 0.1) is 20.2 Å². The number of nitro groups is 2. The van der Waals surface area contributed by atoms with Crippen LogP contribution in [0.25, 0.3) is 0 Å². The maximum Gasteiger partial charge on any atom is 0.301 e. The van der Waals surface area contributed by atoms with E-state index in [1.54, 1.807) is 0 Å². The number of nitrogens with one attached hydrogen (secondary N) is 1. The van der Waals surface area contributed by atoms with E-state index in [4.69, 9.17) is 4.42 Å². The molecule has 1 aromatic carbocycles. The Morgan fingerprint density at radius 1 is 1.23 bits per heavy atom. The molecule has 0 amide bonds. The van der Waals surface area contributed by atoms with Crippen molar-refractivity contribution in [2.24, 2.45) is 5.10 Å². The Hall–Kier alpha value is -3.56. The molecule has 0 aliphatic rings. The summed E-state index contributed by atoms with van der Waals surface area (Å²) in [6.45, 7) is 0. The van der Waals surface area contributed by atoms with Gasteiger partial charge in [-0.1, -0.05) is 0 Å². The Bertz CT molecular complexity index is 753. The summed E-state index contributed by atoms with van der Waals surface area (Å²) in [6.07, 6.45) is 2.19. The van der Waals surface area contributed by atoms with E-state index >= 15 is 0 Å². The number of nitro benzene ring substituents is 2. The van der Waals surface area contributed by atoms with Crippen LogP contribution in [0.1, 0.15) is 10.6 Å². The number of non-ortho nitro benzene ring substituents is 1. The second-order valence-electron chi connectivity index (χ2n) is 3.93. The standard InChI is InChI=1S/C12H8N4O6/c17-11(12-2-1-5-22-12)7-13-14-9-4-3-8(15(18)19)6-10(9)16(20)21/h1-7,14H. The number of ketones is 1. The van der Waals surface area contributed by atoms with Gasteiger partial charge in [0.1, 0.15) is 5.69 Å². The first kappa shape index (κ1) is 14.8. The highest BCUT2D eigenvalue weighted by molar-refractivity contribution is 6.34. The zero-order valence-corrected chi connectivity index (χ0v) is 10.8. The minimum Gasteiger partial charge on any atom is -0.461 e. The molecule has 0 aliphatic heterocycles. The van der Waals surface area contributed by atoms with Gasteiger partial charge < -0.3 is 4.42 Å². The molecule has 22 heavy (non-hydrogen) atoms. The van der Waals surface area contributed by atoms with Crippen LogP contribution in [-0.2, 0) is 0 Å². The van der Waals surface area contributed by atoms with Gasteiger partial charge >= 0.3 is 5.69 Å². The van der Waals surface area contributed by atoms with Gasteiger partial charge in [0.2, 0.25) is 5.78 Å². The van der Waals surface area contributed by atoms with E-state index in [-0.39, 0.29) is 11.4 Å². The predicted octanol–water partition coefficient (Wildman–Crippen LogP) is 2.38. The molecule has 1 N–H and O–H groups in total. The molecule has 2 aromatic rings. The van der Waals surface area contributed by atoms with Crippen LogP contribution in [0.5, 0.6) is 0 Å². The summed E-state index contributed by atoms with van der Waals surface area (Å²) in [5.74, 6) is -0.481. The van der Waals surface area contributed by atoms with Crippen LogP contribution >= 0.6 is 0 Å². The van der Waals surface area contributed by atoms with Crippen LogP contribution < -0.4 is 5.43 Å². The van der Waals surface area contributed by atoms with Crippen LogP contribution in [-0.4, -0.2) is 21.8 Å². The summed E-state index contributed by atoms with van der Waals surface area (Å²) in [5, 5.41) is 25.0. The van der Waals surface area contributed by atoms with Crippen molar-refractivity contribution in [3.63, 3.8) is 0 Å². The Kier molecular flexibility index (Phi) is 4.22. The number of carbonyl (C=O) groups is 1. The summed E-state index contributed by atoms with van der Waals surface area (Å²) >= 11 is 0. The molecule has 0 atom stereocenters. The molecule has 10 heteroatoms. The highest BCUT2D eigenvalue weighted by Gasteiger charge is 2.19. The monoisotopic (exact) mass is 304 g/mol. The average Bonchev–Trinajstić information content (AvgIpc) is 3.01. The fourth-order valence-corrected chi connectivity index (χ4v) is 1.52. The summed E-state index contributed by atoms with van der Waals surface area (Å²) < 4.78 is 4.85. The van der Waals surface area contributed by atoms with Gasteiger partial charge in [-0.15, -0.1) is 0 Å². The largest absolute Gasteiger partial charge is 0.461 e. The van der Waals surface area contributed by atoms with Crippen LogP contribution in [0.15, 0.2) is 46.1 Å². The maximum atomic E-state index is 11.6. The molecule has 0 saturated heterocycles. The van der Waals surface area contributed by atoms with Gasteiger partial charge in [-0.3, -0.25) is 30.4 Å². The number of rotatable bonds is 6. The maximum absolute atomic E-state index is 11.6. The van der Waals surface area contributed by atoms with Crippen molar-refractivity contribution in [1.29, 1.82) is 0 Å². The molecule has 0 radical (unpaired) electrons. The molecule has 0 saturated carbocycles. The van der Waals surface area contributed by atoms with Gasteiger partial charge in [-0.05, 0) is 18.2 Å². The zero-order chi connectivity index (χ0) is 16.1. The van der Waals surface area contributed by atoms with Crippen molar-refractivity contribution < 1.29 is 19.1 Å². The Morgan fingerprint density at radius 3 is 2.59 bits per heavy atom. The van der Waals surface area contributed by atoms with E-state index in [0.29, 0.717) is 0 Å². The first-order valence-electron chi connectivity index (χ1n) is 5.79. The number of benzene rings is 1. The van der Waals surface area contributed by atoms with Crippen molar-refractivity contribution >= 4 is 29.1 Å². The second kappa shape index (κ2) is 6.26. The number of carbonyl (C=O) groups excluding carboxylic acids is 1. The van der Waals surface area contributed by atoms with Crippen molar-refractivity contribution in [3.8, 4) is 0 Å². The third-order valence-electron chi connectivity index (χ3n) is 2.52. The number of hydrogen-bond acceptors (Lipinski definition) is 8. The van der Waals surface area contributed by atoms with E-state index < -0.39 is 27.0 Å². The quantitative estimate of drug-likeness (QED) is 0.373. The topological polar surface area (TPSA) is 141 Å². The lowest BCUT2D eigenvalue weighted by Crippen LogP contribution is -2.02. The summed E-state index contributed by atoms with van der Waals surface area (Å²) in [5.41, 5.74) is 1.26. The van der Waals surface area contributed by atoms with E-state index in [9.17, 15) is 25.0 Å². The Morgan fingerprint density at radius 2 is 2.00 bits per heavy atom. The van der Waals surface area contributed by atoms with Gasteiger partial charge in [0.15, 0.2) is 5.76 Å². The molecule has 0 bridgehead atoms. The van der Waals surface area contributed by atoms with Gasteiger partial charge in [0.05, 0.1) is 28.4 Å². The molecule has 0 spiro atoms. The molecule has 1 aromatic heterocycles. The number of Topliss-reactive ketones (excluding diaryl/α,β-unsaturated/α-hetero) is 1. The second-order valence-corrected chi connectivity index (χ2v) is 3.93. The highest BCUT2D eigenvalue weighted by atomic mass is 16.6. The van der Waals surface area contributed by atoms with Crippen LogP contribution in [0.2, 0.25) is 0 Å². The van der Waals surface area contributed by atoms with E-state index in [0.717, 1.165) is 24.4 Å². The van der Waals surface area contributed by atoms with Gasteiger partial charge in [-0.25, -0.2) is 0 Å². The first-order chi connectivity index (χ1) is 10.5. The van der Waals surface area contributed by atoms with Crippen molar-refractivity contribution in [2.45, 2.75) is 0 Å². The minimum absolute atomic E-state index is 0.0590. The molecule has 1 heterocycles. The summed E-state index contributed by atoms with van der Waals surface area (Å²) in [6, 6.07) is 5.97. The predicted molar refractivity (Wildman–Crippen MR) is 74.9 cm³/mol. The van der Waals surface area contributed by atoms with E-state index in [1.165, 1.54) is 18.4 Å². The highest BCUT2D eigenvalue weighted by Crippen LogP contribution is 2.28. The number of anilines is 1. The lowest BCUT2D eigenvalue weighted by molar-refractivity contribution is -0.393. The molecule has 10 nitrogen and oxygen atoms in total. The lowest BCUT2D eigenvalue weighted by atomic mass is 10.2. The van der Waals surface area contributed by atoms with Crippen molar-refractivity contribution in [2.75, 3.05) is 5.43 Å². The van der Waals surface area contributed by atoms with Gasteiger partial charge in [0, 0.05) is 6.07 Å². The normalized spacial score (nSPS) is 10.5. The molecule has 0 unspecified atom stereocenters. The molecule has 112 valence electrons. The van der Waals surface area contributed by atoms with Crippen LogP contribution in [0.3, 0.4) is 0 Å². The third-order valence-corrected chi connectivity index (χ3v) is 2.52. The fraction of sp³-hybridized carbons (Fsp3) is 0. The van der Waals surface area contributed by atoms with Crippen molar-refractivity contribution in [3.05, 3.63) is 62.6 Å². The lowest BCUT2D eigenvalue weighted by Gasteiger charge is -2.01. The Balaban J connectivity index is 2.17. The summed E-state index contributed by atoms with van der Waals surface area (Å²) in [7, 11) is 0. The molecule has 2 rings (SSSR count). The van der Waals surface area contributed by atoms with E-state index in [2.05, 4.69) is 10.5 Å². The third kappa shape index (κ3) is 3.30. The number of hydrogen-bond donors (Lipinski definition) is 1. The summed E-state index contributed by atoms with van der Waals surface area (Å²) in [4.78, 5) is 31.5. The first-order valence-corrected chi connectivity index (χ1v) is 5.79. The minimum atomic E-state index is -0.792. The molecular weight excluding hydrogens is 296 g/mol. The van der Waals surface area contributed by atoms with E-state index in [1.807, 2.05) is 0 Å². The molecule has 0 fully saturated rings. The number of nitrogens with zero attached hydrogens (tertiary/aromatic N) is 3. The number of furan rings is 1. The number of hydrazone groups is 1. The fourth-order valence-electron chi connectivity index (χ4n) is 1.52. The molecule has 0 aliphatic carbocycles. The van der Waals surface area contributed by atoms with Gasteiger partial charge in [0.25, 0.3) is 5.69 Å². The van der Waals surface area contributed by atoms with Crippen molar-refractivity contribution in [1.82, 2.24) is 0 Å². The smallest absolute Gasteiger partial charge is 0.301 e. The SMILES string of the molecule is O=C(C=NNc1ccc([N+](=O)[O-])cc1[N+](=O)[O-])c1ccco1. The Labute approximate surface area is 122 Å². The molecular formula is C12H8N4O6. The van der Waals surface area contributed by atoms with Gasteiger partial charge in [-0.2, -0.15) is 5.10 Å². The van der Waals surface area contributed by atoms with Crippen LogP contribution in [0.4, 0.5) is 17.1 Å². The average molecular weight is 304 g/mol. The zero-order valence-electron chi connectivity index (χ0n) is 10.8.